The number of carbonyl (C=O) groups excluding carboxylic acids is 1. The second-order valence-corrected chi connectivity index (χ2v) is 8.92. The predicted octanol–water partition coefficient (Wildman–Crippen LogP) is 5.03. The molecule has 1 amide bonds. The first-order valence-corrected chi connectivity index (χ1v) is 11.1. The van der Waals surface area contributed by atoms with Crippen LogP contribution in [0.25, 0.3) is 5.69 Å². The molecule has 164 valence electrons. The number of amides is 1. The highest BCUT2D eigenvalue weighted by Crippen LogP contribution is 2.29. The molecule has 6 nitrogen and oxygen atoms in total. The molecule has 31 heavy (non-hydrogen) atoms. The average molecular weight is 462 g/mol. The maximum Gasteiger partial charge on any atom is 0.234 e. The van der Waals surface area contributed by atoms with Gasteiger partial charge in [0.05, 0.1) is 22.5 Å². The maximum atomic E-state index is 13.4. The molecule has 1 atom stereocenters. The highest BCUT2D eigenvalue weighted by atomic mass is 35.5. The summed E-state index contributed by atoms with van der Waals surface area (Å²) in [5.41, 5.74) is 3.28. The van der Waals surface area contributed by atoms with Crippen molar-refractivity contribution in [3.63, 3.8) is 0 Å². The van der Waals surface area contributed by atoms with Gasteiger partial charge in [-0.25, -0.2) is 4.39 Å². The van der Waals surface area contributed by atoms with E-state index in [9.17, 15) is 9.18 Å². The Hall–Kier alpha value is -2.42. The third-order valence-electron chi connectivity index (χ3n) is 4.92. The van der Waals surface area contributed by atoms with E-state index in [1.807, 2.05) is 56.5 Å². The molecule has 2 aromatic carbocycles. The molecule has 0 aliphatic carbocycles. The summed E-state index contributed by atoms with van der Waals surface area (Å²) < 4.78 is 15.3. The Morgan fingerprint density at radius 3 is 2.52 bits per heavy atom. The number of nitrogens with one attached hydrogen (secondary N) is 1. The van der Waals surface area contributed by atoms with Crippen molar-refractivity contribution in [2.24, 2.45) is 0 Å². The summed E-state index contributed by atoms with van der Waals surface area (Å²) in [4.78, 5) is 14.6. The lowest BCUT2D eigenvalue weighted by molar-refractivity contribution is -0.113. The normalized spacial score (nSPS) is 12.3. The predicted molar refractivity (Wildman–Crippen MR) is 124 cm³/mol. The van der Waals surface area contributed by atoms with E-state index in [4.69, 9.17) is 11.6 Å². The lowest BCUT2D eigenvalue weighted by Crippen LogP contribution is -2.21. The number of nitrogens with zero attached hydrogens (tertiary/aromatic N) is 4. The zero-order valence-corrected chi connectivity index (χ0v) is 19.7. The van der Waals surface area contributed by atoms with E-state index in [-0.39, 0.29) is 23.5 Å². The number of aromatic nitrogens is 3. The van der Waals surface area contributed by atoms with Crippen LogP contribution in [-0.2, 0) is 4.79 Å². The largest absolute Gasteiger partial charge is 0.324 e. The number of rotatable bonds is 7. The van der Waals surface area contributed by atoms with Gasteiger partial charge in [-0.3, -0.25) is 14.3 Å². The summed E-state index contributed by atoms with van der Waals surface area (Å²) in [7, 11) is 3.89. The van der Waals surface area contributed by atoms with Crippen LogP contribution >= 0.6 is 23.4 Å². The van der Waals surface area contributed by atoms with Gasteiger partial charge in [0.15, 0.2) is 11.0 Å². The van der Waals surface area contributed by atoms with Crippen LogP contribution in [0.15, 0.2) is 41.6 Å². The van der Waals surface area contributed by atoms with E-state index < -0.39 is 0 Å². The Balaban J connectivity index is 1.83. The second kappa shape index (κ2) is 9.80. The zero-order chi connectivity index (χ0) is 22.7. The van der Waals surface area contributed by atoms with E-state index in [1.165, 1.54) is 23.9 Å². The third-order valence-corrected chi connectivity index (χ3v) is 6.15. The number of hydrogen-bond donors (Lipinski definition) is 1. The third kappa shape index (κ3) is 5.44. The van der Waals surface area contributed by atoms with Gasteiger partial charge < -0.3 is 5.32 Å². The smallest absolute Gasteiger partial charge is 0.234 e. The van der Waals surface area contributed by atoms with Crippen LogP contribution in [0.2, 0.25) is 5.02 Å². The lowest BCUT2D eigenvalue weighted by atomic mass is 10.1. The number of carbonyl (C=O) groups is 1. The topological polar surface area (TPSA) is 63.1 Å². The van der Waals surface area contributed by atoms with Crippen LogP contribution in [0.5, 0.6) is 0 Å². The number of hydrogen-bond acceptors (Lipinski definition) is 5. The summed E-state index contributed by atoms with van der Waals surface area (Å²) in [6, 6.07) is 9.88. The molecule has 0 saturated carbocycles. The van der Waals surface area contributed by atoms with E-state index in [0.717, 1.165) is 16.8 Å². The Morgan fingerprint density at radius 2 is 1.90 bits per heavy atom. The van der Waals surface area contributed by atoms with Crippen LogP contribution in [0.3, 0.4) is 0 Å². The molecule has 0 fully saturated rings. The van der Waals surface area contributed by atoms with Crippen molar-refractivity contribution >= 4 is 35.0 Å². The van der Waals surface area contributed by atoms with Crippen molar-refractivity contribution in [3.8, 4) is 5.69 Å². The molecule has 1 N–H and O–H groups in total. The highest BCUT2D eigenvalue weighted by molar-refractivity contribution is 7.99. The molecule has 0 bridgehead atoms. The highest BCUT2D eigenvalue weighted by Gasteiger charge is 2.22. The van der Waals surface area contributed by atoms with E-state index in [1.54, 1.807) is 12.1 Å². The van der Waals surface area contributed by atoms with Gasteiger partial charge in [0.1, 0.15) is 5.82 Å². The lowest BCUT2D eigenvalue weighted by Gasteiger charge is -2.20. The van der Waals surface area contributed by atoms with Gasteiger partial charge in [-0.1, -0.05) is 29.4 Å². The number of thioether (sulfide) groups is 1. The molecule has 0 radical (unpaired) electrons. The average Bonchev–Trinajstić information content (AvgIpc) is 3.12. The fourth-order valence-corrected chi connectivity index (χ4v) is 4.22. The Labute approximate surface area is 190 Å². The zero-order valence-electron chi connectivity index (χ0n) is 18.1. The van der Waals surface area contributed by atoms with Crippen molar-refractivity contribution < 1.29 is 9.18 Å². The van der Waals surface area contributed by atoms with Gasteiger partial charge in [0.25, 0.3) is 0 Å². The molecular weight excluding hydrogens is 437 g/mol. The molecule has 3 aromatic rings. The molecule has 0 aliphatic rings. The molecule has 9 heteroatoms. The van der Waals surface area contributed by atoms with Gasteiger partial charge in [-0.2, -0.15) is 0 Å². The summed E-state index contributed by atoms with van der Waals surface area (Å²) in [5.74, 6) is 0.309. The number of anilines is 1. The van der Waals surface area contributed by atoms with Gasteiger partial charge in [0, 0.05) is 5.69 Å². The monoisotopic (exact) mass is 461 g/mol. The van der Waals surface area contributed by atoms with Gasteiger partial charge in [0.2, 0.25) is 5.91 Å². The van der Waals surface area contributed by atoms with Gasteiger partial charge >= 0.3 is 0 Å². The molecule has 1 aromatic heterocycles. The van der Waals surface area contributed by atoms with Crippen LogP contribution in [0, 0.1) is 19.7 Å². The summed E-state index contributed by atoms with van der Waals surface area (Å²) in [6.07, 6.45) is 0. The van der Waals surface area contributed by atoms with E-state index in [0.29, 0.717) is 21.7 Å². The molecule has 1 heterocycles. The first-order chi connectivity index (χ1) is 14.7. The number of aryl methyl sites for hydroxylation is 2. The van der Waals surface area contributed by atoms with Crippen LogP contribution in [-0.4, -0.2) is 45.4 Å². The Morgan fingerprint density at radius 1 is 1.23 bits per heavy atom. The van der Waals surface area contributed by atoms with Crippen molar-refractivity contribution in [2.45, 2.75) is 32.0 Å². The molecule has 0 aliphatic heterocycles. The van der Waals surface area contributed by atoms with Crippen LogP contribution in [0.4, 0.5) is 10.1 Å². The molecular formula is C22H25ClFN5OS. The fraction of sp³-hybridized carbons (Fsp3) is 0.318. The minimum atomic E-state index is -0.321. The van der Waals surface area contributed by atoms with Gasteiger partial charge in [-0.05, 0) is 76.3 Å². The molecule has 0 unspecified atom stereocenters. The summed E-state index contributed by atoms with van der Waals surface area (Å²) in [5, 5.41) is 12.6. The first kappa shape index (κ1) is 23.2. The van der Waals surface area contributed by atoms with Crippen LogP contribution in [0.1, 0.15) is 29.9 Å². The molecule has 3 rings (SSSR count). The molecule has 0 spiro atoms. The van der Waals surface area contributed by atoms with Crippen molar-refractivity contribution in [1.29, 1.82) is 0 Å². The summed E-state index contributed by atoms with van der Waals surface area (Å²) in [6.45, 7) is 5.87. The number of halogens is 2. The molecule has 0 saturated heterocycles. The standard InChI is InChI=1S/C22H25ClFN5OS/c1-13-10-14(2)20(18(23)11-13)25-19(30)12-31-22-27-26-21(15(3)28(4)5)29(22)17-8-6-16(24)7-9-17/h6-11,15H,12H2,1-5H3,(H,25,30)/t15-/m0/s1. The van der Waals surface area contributed by atoms with Gasteiger partial charge in [-0.15, -0.1) is 10.2 Å². The van der Waals surface area contributed by atoms with Crippen molar-refractivity contribution in [2.75, 3.05) is 25.2 Å². The SMILES string of the molecule is Cc1cc(C)c(NC(=O)CSc2nnc([C@H](C)N(C)C)n2-c2ccc(F)cc2)c(Cl)c1. The van der Waals surface area contributed by atoms with Crippen LogP contribution < -0.4 is 5.32 Å². The van der Waals surface area contributed by atoms with Crippen molar-refractivity contribution in [3.05, 3.63) is 64.2 Å². The quantitative estimate of drug-likeness (QED) is 0.500. The summed E-state index contributed by atoms with van der Waals surface area (Å²) >= 11 is 7.56. The van der Waals surface area contributed by atoms with E-state index >= 15 is 0 Å². The first-order valence-electron chi connectivity index (χ1n) is 9.74. The Kier molecular flexibility index (Phi) is 7.35. The number of benzene rings is 2. The fourth-order valence-electron chi connectivity index (χ4n) is 3.09. The second-order valence-electron chi connectivity index (χ2n) is 7.57. The van der Waals surface area contributed by atoms with Crippen molar-refractivity contribution in [1.82, 2.24) is 19.7 Å². The maximum absolute atomic E-state index is 13.4. The minimum absolute atomic E-state index is 0.0326. The Bertz CT molecular complexity index is 1060. The minimum Gasteiger partial charge on any atom is -0.324 e. The van der Waals surface area contributed by atoms with E-state index in [2.05, 4.69) is 15.5 Å².